The molecule has 0 aliphatic rings. The fourth-order valence-corrected chi connectivity index (χ4v) is 0.749. The summed E-state index contributed by atoms with van der Waals surface area (Å²) in [5, 5.41) is 11.4. The normalized spacial score (nSPS) is 10.1. The van der Waals surface area contributed by atoms with Gasteiger partial charge >= 0.3 is 5.97 Å². The molecule has 0 unspecified atom stereocenters. The van der Waals surface area contributed by atoms with Crippen LogP contribution < -0.4 is 5.32 Å². The van der Waals surface area contributed by atoms with Crippen LogP contribution >= 0.6 is 0 Å². The maximum absolute atomic E-state index is 10.1. The Balaban J connectivity index is 2.86. The van der Waals surface area contributed by atoms with Gasteiger partial charge in [0.2, 0.25) is 0 Å². The first kappa shape index (κ1) is 11.4. The van der Waals surface area contributed by atoms with E-state index in [4.69, 9.17) is 9.84 Å². The minimum absolute atomic E-state index is 0.196. The van der Waals surface area contributed by atoms with Crippen LogP contribution in [0.15, 0.2) is 0 Å². The molecule has 0 saturated carbocycles. The van der Waals surface area contributed by atoms with Crippen LogP contribution in [0, 0.1) is 0 Å². The molecule has 0 spiro atoms. The molecule has 0 amide bonds. The molecule has 0 heterocycles. The van der Waals surface area contributed by atoms with Crippen LogP contribution in [-0.4, -0.2) is 37.4 Å². The first-order valence-electron chi connectivity index (χ1n) is 4.27. The Morgan fingerprint density at radius 3 is 2.83 bits per heavy atom. The molecule has 0 rings (SSSR count). The van der Waals surface area contributed by atoms with Gasteiger partial charge in [0.15, 0.2) is 0 Å². The van der Waals surface area contributed by atoms with E-state index in [0.717, 1.165) is 13.1 Å². The molecule has 0 radical (unpaired) electrons. The molecule has 0 atom stereocenters. The van der Waals surface area contributed by atoms with Crippen LogP contribution in [0.25, 0.3) is 0 Å². The largest absolute Gasteiger partial charge is 0.481 e. The number of ether oxygens (including phenoxy) is 1. The zero-order chi connectivity index (χ0) is 9.23. The summed E-state index contributed by atoms with van der Waals surface area (Å²) in [5.74, 6) is -0.759. The number of carbonyl (C=O) groups is 1. The monoisotopic (exact) mass is 175 g/mol. The van der Waals surface area contributed by atoms with Crippen LogP contribution in [0.4, 0.5) is 0 Å². The summed E-state index contributed by atoms with van der Waals surface area (Å²) in [7, 11) is 0. The molecule has 0 aliphatic carbocycles. The van der Waals surface area contributed by atoms with Crippen LogP contribution in [0.3, 0.4) is 0 Å². The van der Waals surface area contributed by atoms with Gasteiger partial charge in [0, 0.05) is 19.6 Å². The van der Waals surface area contributed by atoms with Gasteiger partial charge in [0.1, 0.15) is 0 Å². The van der Waals surface area contributed by atoms with Gasteiger partial charge in [-0.25, -0.2) is 0 Å². The summed E-state index contributed by atoms with van der Waals surface area (Å²) in [6.45, 7) is 5.01. The molecule has 4 nitrogen and oxygen atoms in total. The summed E-state index contributed by atoms with van der Waals surface area (Å²) in [6.07, 6.45) is 0.794. The molecule has 2 N–H and O–H groups in total. The van der Waals surface area contributed by atoms with Gasteiger partial charge < -0.3 is 15.2 Å². The molecule has 72 valence electrons. The Bertz CT molecular complexity index is 117. The molecule has 0 aromatic heterocycles. The van der Waals surface area contributed by atoms with Gasteiger partial charge in [-0.15, -0.1) is 0 Å². The second-order valence-electron chi connectivity index (χ2n) is 2.46. The molecule has 0 bridgehead atoms. The van der Waals surface area contributed by atoms with Crippen LogP contribution in [0.1, 0.15) is 19.8 Å². The van der Waals surface area contributed by atoms with E-state index in [1.807, 2.05) is 6.92 Å². The Kier molecular flexibility index (Phi) is 8.05. The third-order valence-electron chi connectivity index (χ3n) is 1.35. The molecular weight excluding hydrogens is 158 g/mol. The Hall–Kier alpha value is -0.610. The summed E-state index contributed by atoms with van der Waals surface area (Å²) < 4.78 is 5.16. The zero-order valence-electron chi connectivity index (χ0n) is 7.51. The number of nitrogens with one attached hydrogen (secondary N) is 1. The van der Waals surface area contributed by atoms with E-state index in [2.05, 4.69) is 5.32 Å². The lowest BCUT2D eigenvalue weighted by Gasteiger charge is -2.02. The molecule has 0 fully saturated rings. The van der Waals surface area contributed by atoms with Gasteiger partial charge in [0.05, 0.1) is 6.61 Å². The van der Waals surface area contributed by atoms with Crippen LogP contribution in [-0.2, 0) is 9.53 Å². The van der Waals surface area contributed by atoms with E-state index in [9.17, 15) is 4.79 Å². The third kappa shape index (κ3) is 9.39. The average Bonchev–Trinajstić information content (AvgIpc) is 2.02. The number of rotatable bonds is 8. The van der Waals surface area contributed by atoms with Crippen molar-refractivity contribution in [3.05, 3.63) is 0 Å². The topological polar surface area (TPSA) is 58.6 Å². The summed E-state index contributed by atoms with van der Waals surface area (Å²) in [6, 6.07) is 0. The van der Waals surface area contributed by atoms with Crippen molar-refractivity contribution >= 4 is 5.97 Å². The van der Waals surface area contributed by atoms with Crippen molar-refractivity contribution in [2.24, 2.45) is 0 Å². The van der Waals surface area contributed by atoms with E-state index < -0.39 is 5.97 Å². The molecular formula is C8H17NO3. The van der Waals surface area contributed by atoms with Crippen molar-refractivity contribution in [1.29, 1.82) is 0 Å². The fourth-order valence-electron chi connectivity index (χ4n) is 0.749. The highest BCUT2D eigenvalue weighted by Gasteiger charge is 1.95. The quantitative estimate of drug-likeness (QED) is 0.527. The lowest BCUT2D eigenvalue weighted by molar-refractivity contribution is -0.137. The number of likely N-dealkylation sites (N-methyl/N-ethyl adjacent to an activating group) is 1. The van der Waals surface area contributed by atoms with Crippen molar-refractivity contribution in [3.8, 4) is 0 Å². The highest BCUT2D eigenvalue weighted by Crippen LogP contribution is 1.88. The Labute approximate surface area is 72.9 Å². The van der Waals surface area contributed by atoms with Crippen molar-refractivity contribution in [2.45, 2.75) is 19.8 Å². The third-order valence-corrected chi connectivity index (χ3v) is 1.35. The molecule has 0 aromatic rings. The first-order chi connectivity index (χ1) is 5.77. The predicted molar refractivity (Wildman–Crippen MR) is 46.2 cm³/mol. The molecule has 0 aliphatic heterocycles. The van der Waals surface area contributed by atoms with Crippen LogP contribution in [0.2, 0.25) is 0 Å². The average molecular weight is 175 g/mol. The highest BCUT2D eigenvalue weighted by molar-refractivity contribution is 5.66. The SMILES string of the molecule is CCNCCOCCCC(=O)O. The fraction of sp³-hybridized carbons (Fsp3) is 0.875. The second-order valence-corrected chi connectivity index (χ2v) is 2.46. The Morgan fingerprint density at radius 1 is 1.50 bits per heavy atom. The number of carboxylic acids is 1. The smallest absolute Gasteiger partial charge is 0.303 e. The maximum Gasteiger partial charge on any atom is 0.303 e. The van der Waals surface area contributed by atoms with Gasteiger partial charge in [-0.1, -0.05) is 6.92 Å². The van der Waals surface area contributed by atoms with Gasteiger partial charge in [0.25, 0.3) is 0 Å². The summed E-state index contributed by atoms with van der Waals surface area (Å²) >= 11 is 0. The maximum atomic E-state index is 10.1. The van der Waals surface area contributed by atoms with Crippen molar-refractivity contribution in [3.63, 3.8) is 0 Å². The van der Waals surface area contributed by atoms with Crippen molar-refractivity contribution in [1.82, 2.24) is 5.32 Å². The molecule has 4 heteroatoms. The Morgan fingerprint density at radius 2 is 2.25 bits per heavy atom. The minimum atomic E-state index is -0.759. The van der Waals surface area contributed by atoms with E-state index in [-0.39, 0.29) is 6.42 Å². The molecule has 0 saturated heterocycles. The second kappa shape index (κ2) is 8.49. The van der Waals surface area contributed by atoms with Gasteiger partial charge in [-0.3, -0.25) is 4.79 Å². The van der Waals surface area contributed by atoms with E-state index in [1.54, 1.807) is 0 Å². The number of hydrogen-bond donors (Lipinski definition) is 2. The van der Waals surface area contributed by atoms with Crippen molar-refractivity contribution < 1.29 is 14.6 Å². The lowest BCUT2D eigenvalue weighted by Crippen LogP contribution is -2.19. The van der Waals surface area contributed by atoms with Gasteiger partial charge in [-0.05, 0) is 13.0 Å². The van der Waals surface area contributed by atoms with E-state index in [1.165, 1.54) is 0 Å². The predicted octanol–water partition coefficient (Wildman–Crippen LogP) is 0.477. The molecule has 0 aromatic carbocycles. The highest BCUT2D eigenvalue weighted by atomic mass is 16.5. The number of hydrogen-bond acceptors (Lipinski definition) is 3. The van der Waals surface area contributed by atoms with Crippen molar-refractivity contribution in [2.75, 3.05) is 26.3 Å². The summed E-state index contributed by atoms with van der Waals surface area (Å²) in [4.78, 5) is 10.1. The van der Waals surface area contributed by atoms with E-state index in [0.29, 0.717) is 19.6 Å². The minimum Gasteiger partial charge on any atom is -0.481 e. The van der Waals surface area contributed by atoms with Gasteiger partial charge in [-0.2, -0.15) is 0 Å². The standard InChI is InChI=1S/C8H17NO3/c1-2-9-5-7-12-6-3-4-8(10)11/h9H,2-7H2,1H3,(H,10,11). The molecule has 12 heavy (non-hydrogen) atoms. The first-order valence-corrected chi connectivity index (χ1v) is 4.27. The summed E-state index contributed by atoms with van der Waals surface area (Å²) in [5.41, 5.74) is 0. The van der Waals surface area contributed by atoms with Crippen LogP contribution in [0.5, 0.6) is 0 Å². The number of aliphatic carboxylic acids is 1. The number of carboxylic acid groups (broad SMARTS) is 1. The zero-order valence-corrected chi connectivity index (χ0v) is 7.51. The van der Waals surface area contributed by atoms with E-state index >= 15 is 0 Å². The lowest BCUT2D eigenvalue weighted by atomic mass is 10.3.